The predicted octanol–water partition coefficient (Wildman–Crippen LogP) is 1.80. The van der Waals surface area contributed by atoms with Gasteiger partial charge in [-0.15, -0.1) is 0 Å². The van der Waals surface area contributed by atoms with Crippen LogP contribution >= 0.6 is 0 Å². The average Bonchev–Trinajstić information content (AvgIpc) is 2.49. The molecule has 0 fully saturated rings. The summed E-state index contributed by atoms with van der Waals surface area (Å²) in [5.74, 6) is 0.0119. The molecule has 6 heteroatoms. The van der Waals surface area contributed by atoms with Gasteiger partial charge < -0.3 is 15.8 Å². The maximum absolute atomic E-state index is 12.2. The standard InChI is InChI=1S/C14H12N4O2/c1-20-13-8-17-5-4-10(13)14(19)18-12-3-2-9(7-15)6-11(12)16/h2-6,8H,16H2,1H3,(H,18,19). The van der Waals surface area contributed by atoms with E-state index in [1.54, 1.807) is 18.2 Å². The van der Waals surface area contributed by atoms with Gasteiger partial charge in [-0.25, -0.2) is 0 Å². The van der Waals surface area contributed by atoms with E-state index in [2.05, 4.69) is 10.3 Å². The van der Waals surface area contributed by atoms with Gasteiger partial charge in [0.05, 0.1) is 41.9 Å². The molecule has 20 heavy (non-hydrogen) atoms. The summed E-state index contributed by atoms with van der Waals surface area (Å²) in [6, 6.07) is 8.19. The number of amides is 1. The fourth-order valence-corrected chi connectivity index (χ4v) is 1.67. The van der Waals surface area contributed by atoms with Crippen molar-refractivity contribution in [2.24, 2.45) is 0 Å². The van der Waals surface area contributed by atoms with E-state index in [4.69, 9.17) is 15.7 Å². The molecule has 0 bridgehead atoms. The summed E-state index contributed by atoms with van der Waals surface area (Å²) in [6.07, 6.45) is 2.95. The molecule has 2 rings (SSSR count). The van der Waals surface area contributed by atoms with E-state index in [9.17, 15) is 4.79 Å². The van der Waals surface area contributed by atoms with Crippen LogP contribution in [-0.4, -0.2) is 18.0 Å². The molecular weight excluding hydrogens is 256 g/mol. The Bertz CT molecular complexity index is 692. The molecule has 1 amide bonds. The Morgan fingerprint density at radius 2 is 2.25 bits per heavy atom. The third kappa shape index (κ3) is 2.67. The number of rotatable bonds is 3. The van der Waals surface area contributed by atoms with E-state index in [-0.39, 0.29) is 5.91 Å². The zero-order valence-corrected chi connectivity index (χ0v) is 10.8. The maximum Gasteiger partial charge on any atom is 0.259 e. The van der Waals surface area contributed by atoms with E-state index in [1.807, 2.05) is 6.07 Å². The molecule has 6 nitrogen and oxygen atoms in total. The number of anilines is 2. The first-order valence-corrected chi connectivity index (χ1v) is 5.74. The van der Waals surface area contributed by atoms with E-state index < -0.39 is 0 Å². The molecule has 100 valence electrons. The molecule has 0 aliphatic rings. The summed E-state index contributed by atoms with van der Waals surface area (Å²) in [6.45, 7) is 0. The van der Waals surface area contributed by atoms with Crippen molar-refractivity contribution in [2.75, 3.05) is 18.2 Å². The van der Waals surface area contributed by atoms with Crippen LogP contribution in [0.5, 0.6) is 5.75 Å². The summed E-state index contributed by atoms with van der Waals surface area (Å²) in [4.78, 5) is 16.0. The number of nitrogen functional groups attached to an aromatic ring is 1. The van der Waals surface area contributed by atoms with Crippen LogP contribution in [0.3, 0.4) is 0 Å². The second kappa shape index (κ2) is 5.71. The van der Waals surface area contributed by atoms with Crippen molar-refractivity contribution < 1.29 is 9.53 Å². The number of methoxy groups -OCH3 is 1. The molecule has 1 aromatic carbocycles. The highest BCUT2D eigenvalue weighted by Gasteiger charge is 2.13. The Morgan fingerprint density at radius 3 is 2.90 bits per heavy atom. The van der Waals surface area contributed by atoms with Crippen molar-refractivity contribution in [3.05, 3.63) is 47.8 Å². The van der Waals surface area contributed by atoms with Gasteiger partial charge in [-0.05, 0) is 24.3 Å². The molecule has 1 heterocycles. The average molecular weight is 268 g/mol. The lowest BCUT2D eigenvalue weighted by molar-refractivity contribution is 0.102. The first kappa shape index (κ1) is 13.4. The number of aromatic nitrogens is 1. The van der Waals surface area contributed by atoms with Crippen molar-refractivity contribution in [3.63, 3.8) is 0 Å². The monoisotopic (exact) mass is 268 g/mol. The summed E-state index contributed by atoms with van der Waals surface area (Å²) in [5.41, 5.74) is 7.33. The van der Waals surface area contributed by atoms with Gasteiger partial charge >= 0.3 is 0 Å². The lowest BCUT2D eigenvalue weighted by atomic mass is 10.1. The Hall–Kier alpha value is -3.07. The topological polar surface area (TPSA) is 101 Å². The number of nitrogens with one attached hydrogen (secondary N) is 1. The van der Waals surface area contributed by atoms with E-state index in [0.717, 1.165) is 0 Å². The predicted molar refractivity (Wildman–Crippen MR) is 74.3 cm³/mol. The van der Waals surface area contributed by atoms with Gasteiger partial charge in [0.1, 0.15) is 5.75 Å². The van der Waals surface area contributed by atoms with Crippen LogP contribution in [-0.2, 0) is 0 Å². The number of carbonyl (C=O) groups is 1. The minimum Gasteiger partial charge on any atom is -0.494 e. The zero-order valence-electron chi connectivity index (χ0n) is 10.8. The number of hydrogen-bond acceptors (Lipinski definition) is 5. The molecular formula is C14H12N4O2. The molecule has 0 spiro atoms. The fraction of sp³-hybridized carbons (Fsp3) is 0.0714. The Morgan fingerprint density at radius 1 is 1.45 bits per heavy atom. The number of hydrogen-bond donors (Lipinski definition) is 2. The number of carbonyl (C=O) groups excluding carboxylic acids is 1. The normalized spacial score (nSPS) is 9.60. The van der Waals surface area contributed by atoms with Crippen molar-refractivity contribution in [2.45, 2.75) is 0 Å². The summed E-state index contributed by atoms with van der Waals surface area (Å²) in [7, 11) is 1.46. The lowest BCUT2D eigenvalue weighted by Gasteiger charge is -2.10. The molecule has 1 aromatic heterocycles. The molecule has 0 saturated carbocycles. The van der Waals surface area contributed by atoms with Crippen LogP contribution < -0.4 is 15.8 Å². The Kier molecular flexibility index (Phi) is 3.82. The van der Waals surface area contributed by atoms with Gasteiger partial charge in [0.15, 0.2) is 0 Å². The minimum absolute atomic E-state index is 0.324. The van der Waals surface area contributed by atoms with E-state index in [1.165, 1.54) is 25.6 Å². The highest BCUT2D eigenvalue weighted by Crippen LogP contribution is 2.22. The number of nitrogens with two attached hydrogens (primary N) is 1. The first-order chi connectivity index (χ1) is 9.65. The van der Waals surface area contributed by atoms with Crippen LogP contribution in [0, 0.1) is 11.3 Å². The number of pyridine rings is 1. The zero-order chi connectivity index (χ0) is 14.5. The highest BCUT2D eigenvalue weighted by molar-refractivity contribution is 6.07. The van der Waals surface area contributed by atoms with E-state index >= 15 is 0 Å². The van der Waals surface area contributed by atoms with Crippen LogP contribution in [0.25, 0.3) is 0 Å². The lowest BCUT2D eigenvalue weighted by Crippen LogP contribution is -2.14. The van der Waals surface area contributed by atoms with E-state index in [0.29, 0.717) is 28.3 Å². The maximum atomic E-state index is 12.2. The van der Waals surface area contributed by atoms with Crippen molar-refractivity contribution in [1.29, 1.82) is 5.26 Å². The molecule has 0 radical (unpaired) electrons. The van der Waals surface area contributed by atoms with Gasteiger partial charge in [-0.3, -0.25) is 9.78 Å². The molecule has 2 aromatic rings. The second-order valence-electron chi connectivity index (χ2n) is 3.94. The number of ether oxygens (including phenoxy) is 1. The van der Waals surface area contributed by atoms with Crippen LogP contribution in [0.15, 0.2) is 36.7 Å². The Labute approximate surface area is 115 Å². The third-order valence-electron chi connectivity index (χ3n) is 2.68. The Balaban J connectivity index is 2.26. The van der Waals surface area contributed by atoms with Crippen molar-refractivity contribution >= 4 is 17.3 Å². The van der Waals surface area contributed by atoms with Crippen LogP contribution in [0.2, 0.25) is 0 Å². The highest BCUT2D eigenvalue weighted by atomic mass is 16.5. The molecule has 0 atom stereocenters. The van der Waals surface area contributed by atoms with Crippen LogP contribution in [0.1, 0.15) is 15.9 Å². The molecule has 0 aliphatic carbocycles. The first-order valence-electron chi connectivity index (χ1n) is 5.74. The number of benzene rings is 1. The molecule has 3 N–H and O–H groups in total. The van der Waals surface area contributed by atoms with Gasteiger partial charge in [0.25, 0.3) is 5.91 Å². The second-order valence-corrected chi connectivity index (χ2v) is 3.94. The molecule has 0 aliphatic heterocycles. The number of nitriles is 1. The van der Waals surface area contributed by atoms with Gasteiger partial charge in [0, 0.05) is 6.20 Å². The molecule has 0 unspecified atom stereocenters. The quantitative estimate of drug-likeness (QED) is 0.826. The van der Waals surface area contributed by atoms with Crippen molar-refractivity contribution in [1.82, 2.24) is 4.98 Å². The SMILES string of the molecule is COc1cnccc1C(=O)Nc1ccc(C#N)cc1N. The minimum atomic E-state index is -0.361. The van der Waals surface area contributed by atoms with Gasteiger partial charge in [-0.2, -0.15) is 5.26 Å². The summed E-state index contributed by atoms with van der Waals surface area (Å²) >= 11 is 0. The van der Waals surface area contributed by atoms with Gasteiger partial charge in [0.2, 0.25) is 0 Å². The number of nitrogens with zero attached hydrogens (tertiary/aromatic N) is 2. The van der Waals surface area contributed by atoms with Crippen molar-refractivity contribution in [3.8, 4) is 11.8 Å². The fourth-order valence-electron chi connectivity index (χ4n) is 1.67. The smallest absolute Gasteiger partial charge is 0.259 e. The third-order valence-corrected chi connectivity index (χ3v) is 2.68. The summed E-state index contributed by atoms with van der Waals surface area (Å²) < 4.78 is 5.07. The largest absolute Gasteiger partial charge is 0.494 e. The summed E-state index contributed by atoms with van der Waals surface area (Å²) in [5, 5.41) is 11.4. The van der Waals surface area contributed by atoms with Gasteiger partial charge in [-0.1, -0.05) is 0 Å². The molecule has 0 saturated heterocycles. The van der Waals surface area contributed by atoms with Crippen LogP contribution in [0.4, 0.5) is 11.4 Å².